The molecule has 1 saturated carbocycles. The van der Waals surface area contributed by atoms with Crippen molar-refractivity contribution in [1.29, 1.82) is 0 Å². The van der Waals surface area contributed by atoms with Gasteiger partial charge in [-0.25, -0.2) is 0 Å². The van der Waals surface area contributed by atoms with Crippen molar-refractivity contribution in [3.8, 4) is 5.75 Å². The summed E-state index contributed by atoms with van der Waals surface area (Å²) in [7, 11) is 2.94. The van der Waals surface area contributed by atoms with Crippen molar-refractivity contribution in [3.05, 3.63) is 29.8 Å². The number of benzene rings is 1. The molecule has 7 nitrogen and oxygen atoms in total. The minimum absolute atomic E-state index is 0.270. The summed E-state index contributed by atoms with van der Waals surface area (Å²) in [5.41, 5.74) is 0.837. The number of hydrogen-bond donors (Lipinski definition) is 1. The molecule has 1 aromatic rings. The molecule has 3 aliphatic rings. The molecule has 7 heteroatoms. The summed E-state index contributed by atoms with van der Waals surface area (Å²) >= 11 is 0. The molecule has 0 amide bonds. The number of carbonyl (C=O) groups is 1. The molecular weight excluding hydrogens is 316 g/mol. The number of carbonyl (C=O) groups excluding carboxylic acids is 1. The van der Waals surface area contributed by atoms with Gasteiger partial charge >= 0.3 is 5.97 Å². The topological polar surface area (TPSA) is 83.5 Å². The molecule has 2 saturated heterocycles. The highest BCUT2D eigenvalue weighted by Gasteiger charge is 2.67. The van der Waals surface area contributed by atoms with E-state index in [2.05, 4.69) is 0 Å². The van der Waals surface area contributed by atoms with Crippen LogP contribution in [0.3, 0.4) is 0 Å². The van der Waals surface area contributed by atoms with Crippen molar-refractivity contribution in [2.75, 3.05) is 20.8 Å². The second-order valence-electron chi connectivity index (χ2n) is 6.30. The normalized spacial score (nSPS) is 40.2. The zero-order valence-corrected chi connectivity index (χ0v) is 13.5. The zero-order chi connectivity index (χ0) is 16.8. The van der Waals surface area contributed by atoms with Gasteiger partial charge in [0.25, 0.3) is 0 Å². The Morgan fingerprint density at radius 3 is 2.58 bits per heavy atom. The van der Waals surface area contributed by atoms with Gasteiger partial charge in [-0.3, -0.25) is 4.79 Å². The highest BCUT2D eigenvalue weighted by Crippen LogP contribution is 2.52. The van der Waals surface area contributed by atoms with Gasteiger partial charge in [0.1, 0.15) is 18.0 Å². The third kappa shape index (κ3) is 2.48. The number of hydrogen-bond acceptors (Lipinski definition) is 7. The number of fused-ring (bicyclic) bond motifs is 2. The van der Waals surface area contributed by atoms with Crippen LogP contribution in [0.4, 0.5) is 0 Å². The second kappa shape index (κ2) is 6.00. The molecule has 0 spiro atoms. The van der Waals surface area contributed by atoms with E-state index in [-0.39, 0.29) is 24.1 Å². The molecule has 24 heavy (non-hydrogen) atoms. The van der Waals surface area contributed by atoms with E-state index in [1.165, 1.54) is 7.11 Å². The van der Waals surface area contributed by atoms with Crippen LogP contribution >= 0.6 is 0 Å². The summed E-state index contributed by atoms with van der Waals surface area (Å²) in [6.45, 7) is 0.301. The molecule has 130 valence electrons. The molecule has 3 fully saturated rings. The molecule has 0 aromatic heterocycles. The minimum atomic E-state index is -0.775. The first-order chi connectivity index (χ1) is 11.6. The fourth-order valence-electron chi connectivity index (χ4n) is 3.64. The lowest BCUT2D eigenvalue weighted by atomic mass is 9.99. The van der Waals surface area contributed by atoms with Crippen LogP contribution in [-0.2, 0) is 23.7 Å². The van der Waals surface area contributed by atoms with E-state index in [1.807, 2.05) is 24.3 Å². The van der Waals surface area contributed by atoms with E-state index in [1.54, 1.807) is 7.11 Å². The quantitative estimate of drug-likeness (QED) is 0.812. The predicted octanol–water partition coefficient (Wildman–Crippen LogP) is 0.656. The van der Waals surface area contributed by atoms with Gasteiger partial charge in [-0.15, -0.1) is 0 Å². The van der Waals surface area contributed by atoms with Crippen LogP contribution in [0.5, 0.6) is 5.75 Å². The summed E-state index contributed by atoms with van der Waals surface area (Å²) in [5, 5.41) is 10.6. The molecular formula is C17H20O7. The van der Waals surface area contributed by atoms with Crippen molar-refractivity contribution in [2.24, 2.45) is 11.8 Å². The number of aliphatic hydroxyl groups is 1. The van der Waals surface area contributed by atoms with Crippen LogP contribution < -0.4 is 4.74 Å². The maximum absolute atomic E-state index is 11.7. The predicted molar refractivity (Wildman–Crippen MR) is 80.2 cm³/mol. The molecule has 7 atom stereocenters. The van der Waals surface area contributed by atoms with Gasteiger partial charge in [-0.2, -0.15) is 0 Å². The molecule has 1 aromatic carbocycles. The molecule has 1 aliphatic carbocycles. The lowest BCUT2D eigenvalue weighted by molar-refractivity contribution is -0.300. The van der Waals surface area contributed by atoms with Crippen LogP contribution in [0.25, 0.3) is 0 Å². The average molecular weight is 336 g/mol. The van der Waals surface area contributed by atoms with Crippen LogP contribution in [0.1, 0.15) is 11.9 Å². The van der Waals surface area contributed by atoms with Crippen LogP contribution in [0.15, 0.2) is 24.3 Å². The van der Waals surface area contributed by atoms with E-state index < -0.39 is 24.4 Å². The number of esters is 1. The Morgan fingerprint density at radius 1 is 1.17 bits per heavy atom. The van der Waals surface area contributed by atoms with E-state index in [0.29, 0.717) is 6.61 Å². The highest BCUT2D eigenvalue weighted by molar-refractivity contribution is 5.77. The fraction of sp³-hybridized carbons (Fsp3) is 0.588. The molecule has 2 aliphatic heterocycles. The van der Waals surface area contributed by atoms with E-state index >= 15 is 0 Å². The summed E-state index contributed by atoms with van der Waals surface area (Å²) in [6.07, 6.45) is -2.57. The maximum atomic E-state index is 11.7. The zero-order valence-electron chi connectivity index (χ0n) is 13.5. The van der Waals surface area contributed by atoms with Crippen molar-refractivity contribution in [2.45, 2.75) is 30.7 Å². The summed E-state index contributed by atoms with van der Waals surface area (Å²) in [6, 6.07) is 7.37. The SMILES string of the molecule is COC(=O)[C@@H]1C2OC3COC(c4ccc(OC)cc4)OC3[C@H](O)C21. The second-order valence-corrected chi connectivity index (χ2v) is 6.30. The monoisotopic (exact) mass is 336 g/mol. The highest BCUT2D eigenvalue weighted by atomic mass is 16.7. The van der Waals surface area contributed by atoms with Gasteiger partial charge < -0.3 is 28.8 Å². The van der Waals surface area contributed by atoms with Crippen molar-refractivity contribution in [3.63, 3.8) is 0 Å². The Bertz CT molecular complexity index is 616. The number of methoxy groups -OCH3 is 2. The molecule has 4 rings (SSSR count). The van der Waals surface area contributed by atoms with E-state index in [4.69, 9.17) is 23.7 Å². The van der Waals surface area contributed by atoms with E-state index in [9.17, 15) is 9.90 Å². The largest absolute Gasteiger partial charge is 0.497 e. The third-order valence-corrected chi connectivity index (χ3v) is 4.99. The molecule has 0 radical (unpaired) electrons. The lowest BCUT2D eigenvalue weighted by Crippen LogP contribution is -2.53. The summed E-state index contributed by atoms with van der Waals surface area (Å²) in [5.74, 6) is -0.294. The van der Waals surface area contributed by atoms with Crippen LogP contribution in [-0.4, -0.2) is 56.3 Å². The summed E-state index contributed by atoms with van der Waals surface area (Å²) < 4.78 is 27.4. The van der Waals surface area contributed by atoms with Gasteiger partial charge in [0, 0.05) is 11.5 Å². The number of ether oxygens (including phenoxy) is 5. The number of rotatable bonds is 3. The molecule has 2 heterocycles. The van der Waals surface area contributed by atoms with Gasteiger partial charge in [-0.1, -0.05) is 12.1 Å². The van der Waals surface area contributed by atoms with Crippen molar-refractivity contribution < 1.29 is 33.6 Å². The van der Waals surface area contributed by atoms with E-state index in [0.717, 1.165) is 11.3 Å². The average Bonchev–Trinajstić information content (AvgIpc) is 3.35. The Kier molecular flexibility index (Phi) is 3.96. The van der Waals surface area contributed by atoms with Crippen LogP contribution in [0, 0.1) is 11.8 Å². The number of aliphatic hydroxyl groups excluding tert-OH is 1. The van der Waals surface area contributed by atoms with Crippen molar-refractivity contribution in [1.82, 2.24) is 0 Å². The first-order valence-electron chi connectivity index (χ1n) is 7.96. The molecule has 1 N–H and O–H groups in total. The Morgan fingerprint density at radius 2 is 1.92 bits per heavy atom. The molecule has 5 unspecified atom stereocenters. The van der Waals surface area contributed by atoms with Gasteiger partial charge in [0.2, 0.25) is 0 Å². The Labute approximate surface area is 139 Å². The summed E-state index contributed by atoms with van der Waals surface area (Å²) in [4.78, 5) is 11.7. The molecule has 0 bridgehead atoms. The maximum Gasteiger partial charge on any atom is 0.311 e. The minimum Gasteiger partial charge on any atom is -0.497 e. The fourth-order valence-corrected chi connectivity index (χ4v) is 3.64. The third-order valence-electron chi connectivity index (χ3n) is 4.99. The van der Waals surface area contributed by atoms with Crippen LogP contribution in [0.2, 0.25) is 0 Å². The Balaban J connectivity index is 1.47. The van der Waals surface area contributed by atoms with Crippen molar-refractivity contribution >= 4 is 5.97 Å². The lowest BCUT2D eigenvalue weighted by Gasteiger charge is -2.41. The standard InChI is InChI=1S/C17H20O7/c1-20-9-5-3-8(4-6-9)17-22-7-10-14(24-17)13(18)11-12(15(11)23-10)16(19)21-2/h3-6,10-15,17-18H,7H2,1-2H3/t10?,11?,12-,13+,14?,15?,17?/m0/s1. The Hall–Kier alpha value is -1.67. The first kappa shape index (κ1) is 15.8. The van der Waals surface area contributed by atoms with Gasteiger partial charge in [0.05, 0.1) is 39.0 Å². The van der Waals surface area contributed by atoms with Gasteiger partial charge in [0.15, 0.2) is 6.29 Å². The van der Waals surface area contributed by atoms with Gasteiger partial charge in [-0.05, 0) is 12.1 Å². The first-order valence-corrected chi connectivity index (χ1v) is 7.96. The smallest absolute Gasteiger partial charge is 0.311 e.